The first-order chi connectivity index (χ1) is 8.74. The first-order valence-corrected chi connectivity index (χ1v) is 6.40. The van der Waals surface area contributed by atoms with Crippen LogP contribution in [0, 0.1) is 0 Å². The summed E-state index contributed by atoms with van der Waals surface area (Å²) < 4.78 is 11.2. The number of rotatable bonds is 6. The number of aryl methyl sites for hydroxylation is 1. The van der Waals surface area contributed by atoms with E-state index >= 15 is 0 Å². The molecular weight excluding hydrogens is 230 g/mol. The molecule has 0 amide bonds. The third kappa shape index (κ3) is 2.79. The van der Waals surface area contributed by atoms with Gasteiger partial charge in [0.15, 0.2) is 5.76 Å². The van der Waals surface area contributed by atoms with Gasteiger partial charge in [0, 0.05) is 6.42 Å². The highest BCUT2D eigenvalue weighted by Crippen LogP contribution is 2.22. The summed E-state index contributed by atoms with van der Waals surface area (Å²) >= 11 is 0. The smallest absolute Gasteiger partial charge is 0.283 e. The highest BCUT2D eigenvalue weighted by Gasteiger charge is 2.16. The van der Waals surface area contributed by atoms with Crippen LogP contribution in [0.1, 0.15) is 44.9 Å². The first kappa shape index (κ1) is 12.8. The van der Waals surface area contributed by atoms with E-state index in [0.29, 0.717) is 17.5 Å². The molecule has 2 heterocycles. The van der Waals surface area contributed by atoms with E-state index in [1.54, 1.807) is 0 Å². The van der Waals surface area contributed by atoms with Crippen LogP contribution in [0.3, 0.4) is 0 Å². The normalized spacial score (nSPS) is 12.8. The summed E-state index contributed by atoms with van der Waals surface area (Å²) in [6.07, 6.45) is 1.93. The quantitative estimate of drug-likeness (QED) is 0.852. The summed E-state index contributed by atoms with van der Waals surface area (Å²) in [5, 5.41) is 11.4. The van der Waals surface area contributed by atoms with Crippen molar-refractivity contribution in [3.63, 3.8) is 0 Å². The average Bonchev–Trinajstić information content (AvgIpc) is 3.03. The predicted octanol–water partition coefficient (Wildman–Crippen LogP) is 2.95. The van der Waals surface area contributed by atoms with Gasteiger partial charge in [0.2, 0.25) is 5.89 Å². The highest BCUT2D eigenvalue weighted by molar-refractivity contribution is 5.43. The van der Waals surface area contributed by atoms with Crippen molar-refractivity contribution in [3.05, 3.63) is 23.8 Å². The van der Waals surface area contributed by atoms with Crippen LogP contribution in [0.4, 0.5) is 0 Å². The van der Waals surface area contributed by atoms with Gasteiger partial charge in [-0.3, -0.25) is 0 Å². The molecule has 2 aromatic heterocycles. The molecule has 0 saturated carbocycles. The predicted molar refractivity (Wildman–Crippen MR) is 68.1 cm³/mol. The van der Waals surface area contributed by atoms with Gasteiger partial charge in [-0.25, -0.2) is 0 Å². The lowest BCUT2D eigenvalue weighted by molar-refractivity contribution is 0.413. The van der Waals surface area contributed by atoms with Gasteiger partial charge in [-0.2, -0.15) is 0 Å². The van der Waals surface area contributed by atoms with Gasteiger partial charge in [0.1, 0.15) is 5.76 Å². The second-order valence-electron chi connectivity index (χ2n) is 4.24. The SMILES string of the molecule is CCCNC(C)c1nnc(-c2ccc(CC)o2)o1. The van der Waals surface area contributed by atoms with Crippen molar-refractivity contribution in [1.29, 1.82) is 0 Å². The van der Waals surface area contributed by atoms with Crippen molar-refractivity contribution in [1.82, 2.24) is 15.5 Å². The van der Waals surface area contributed by atoms with E-state index in [4.69, 9.17) is 8.83 Å². The molecule has 2 rings (SSSR count). The Morgan fingerprint density at radius 3 is 2.72 bits per heavy atom. The highest BCUT2D eigenvalue weighted by atomic mass is 16.4. The Balaban J connectivity index is 2.09. The molecule has 0 aliphatic rings. The second-order valence-corrected chi connectivity index (χ2v) is 4.24. The molecule has 1 N–H and O–H groups in total. The number of hydrogen-bond donors (Lipinski definition) is 1. The maximum Gasteiger partial charge on any atom is 0.283 e. The summed E-state index contributed by atoms with van der Waals surface area (Å²) in [6.45, 7) is 7.10. The molecule has 0 aliphatic heterocycles. The number of furan rings is 1. The van der Waals surface area contributed by atoms with Crippen LogP contribution in [0.5, 0.6) is 0 Å². The Bertz CT molecular complexity index is 490. The van der Waals surface area contributed by atoms with Crippen LogP contribution >= 0.6 is 0 Å². The molecule has 0 aromatic carbocycles. The van der Waals surface area contributed by atoms with Gasteiger partial charge < -0.3 is 14.2 Å². The van der Waals surface area contributed by atoms with E-state index in [-0.39, 0.29) is 6.04 Å². The van der Waals surface area contributed by atoms with Gasteiger partial charge in [-0.05, 0) is 32.0 Å². The summed E-state index contributed by atoms with van der Waals surface area (Å²) in [5.41, 5.74) is 0. The molecule has 2 aromatic rings. The van der Waals surface area contributed by atoms with Gasteiger partial charge in [0.25, 0.3) is 5.89 Å². The topological polar surface area (TPSA) is 64.1 Å². The molecule has 18 heavy (non-hydrogen) atoms. The zero-order chi connectivity index (χ0) is 13.0. The van der Waals surface area contributed by atoms with E-state index < -0.39 is 0 Å². The molecule has 0 fully saturated rings. The van der Waals surface area contributed by atoms with E-state index in [1.807, 2.05) is 26.0 Å². The minimum absolute atomic E-state index is 0.0619. The summed E-state index contributed by atoms with van der Waals surface area (Å²) in [5.74, 6) is 2.58. The Morgan fingerprint density at radius 2 is 2.06 bits per heavy atom. The van der Waals surface area contributed by atoms with Crippen LogP contribution in [0.15, 0.2) is 21.0 Å². The number of nitrogens with one attached hydrogen (secondary N) is 1. The second kappa shape index (κ2) is 5.82. The molecule has 1 atom stereocenters. The van der Waals surface area contributed by atoms with Crippen molar-refractivity contribution in [2.45, 2.75) is 39.7 Å². The van der Waals surface area contributed by atoms with Crippen molar-refractivity contribution < 1.29 is 8.83 Å². The summed E-state index contributed by atoms with van der Waals surface area (Å²) in [7, 11) is 0. The molecule has 0 aliphatic carbocycles. The van der Waals surface area contributed by atoms with Crippen molar-refractivity contribution in [2.24, 2.45) is 0 Å². The standard InChI is InChI=1S/C13H19N3O2/c1-4-8-14-9(3)12-15-16-13(18-12)11-7-6-10(5-2)17-11/h6-7,9,14H,4-5,8H2,1-3H3. The zero-order valence-electron chi connectivity index (χ0n) is 11.1. The zero-order valence-corrected chi connectivity index (χ0v) is 11.1. The van der Waals surface area contributed by atoms with Crippen LogP contribution in [-0.2, 0) is 6.42 Å². The molecule has 5 heteroatoms. The lowest BCUT2D eigenvalue weighted by atomic mass is 10.3. The maximum absolute atomic E-state index is 5.61. The van der Waals surface area contributed by atoms with Crippen molar-refractivity contribution in [3.8, 4) is 11.7 Å². The summed E-state index contributed by atoms with van der Waals surface area (Å²) in [4.78, 5) is 0. The van der Waals surface area contributed by atoms with Crippen molar-refractivity contribution in [2.75, 3.05) is 6.54 Å². The van der Waals surface area contributed by atoms with Gasteiger partial charge in [-0.15, -0.1) is 10.2 Å². The lowest BCUT2D eigenvalue weighted by Crippen LogP contribution is -2.19. The van der Waals surface area contributed by atoms with E-state index in [0.717, 1.165) is 25.1 Å². The number of nitrogens with zero attached hydrogens (tertiary/aromatic N) is 2. The average molecular weight is 249 g/mol. The third-order valence-electron chi connectivity index (χ3n) is 2.73. The van der Waals surface area contributed by atoms with Crippen molar-refractivity contribution >= 4 is 0 Å². The molecule has 98 valence electrons. The monoisotopic (exact) mass is 249 g/mol. The molecule has 1 unspecified atom stereocenters. The summed E-state index contributed by atoms with van der Waals surface area (Å²) in [6, 6.07) is 3.85. The Kier molecular flexibility index (Phi) is 4.15. The van der Waals surface area contributed by atoms with Crippen LogP contribution in [0.25, 0.3) is 11.7 Å². The largest absolute Gasteiger partial charge is 0.456 e. The van der Waals surface area contributed by atoms with Crippen LogP contribution in [-0.4, -0.2) is 16.7 Å². The third-order valence-corrected chi connectivity index (χ3v) is 2.73. The molecule has 0 bridgehead atoms. The number of aromatic nitrogens is 2. The fraction of sp³-hybridized carbons (Fsp3) is 0.538. The minimum Gasteiger partial charge on any atom is -0.456 e. The first-order valence-electron chi connectivity index (χ1n) is 6.40. The van der Waals surface area contributed by atoms with Gasteiger partial charge in [-0.1, -0.05) is 13.8 Å². The minimum atomic E-state index is 0.0619. The molecule has 0 saturated heterocycles. The Hall–Kier alpha value is -1.62. The lowest BCUT2D eigenvalue weighted by Gasteiger charge is -2.07. The van der Waals surface area contributed by atoms with E-state index in [1.165, 1.54) is 0 Å². The number of hydrogen-bond acceptors (Lipinski definition) is 5. The Labute approximate surface area is 107 Å². The fourth-order valence-corrected chi connectivity index (χ4v) is 1.64. The Morgan fingerprint density at radius 1 is 1.22 bits per heavy atom. The van der Waals surface area contributed by atoms with Gasteiger partial charge in [0.05, 0.1) is 6.04 Å². The molecule has 0 radical (unpaired) electrons. The van der Waals surface area contributed by atoms with Crippen LogP contribution in [0.2, 0.25) is 0 Å². The fourth-order valence-electron chi connectivity index (χ4n) is 1.64. The molecular formula is C13H19N3O2. The molecule has 0 spiro atoms. The molecule has 5 nitrogen and oxygen atoms in total. The maximum atomic E-state index is 5.61. The van der Waals surface area contributed by atoms with E-state index in [9.17, 15) is 0 Å². The van der Waals surface area contributed by atoms with E-state index in [2.05, 4.69) is 22.4 Å². The van der Waals surface area contributed by atoms with Gasteiger partial charge >= 0.3 is 0 Å². The van der Waals surface area contributed by atoms with Crippen LogP contribution < -0.4 is 5.32 Å².